The van der Waals surface area contributed by atoms with Crippen LogP contribution >= 0.6 is 0 Å². The number of hydrogen-bond donors (Lipinski definition) is 2. The van der Waals surface area contributed by atoms with Crippen molar-refractivity contribution in [3.63, 3.8) is 0 Å². The molecule has 0 amide bonds. The van der Waals surface area contributed by atoms with E-state index in [1.165, 1.54) is 0 Å². The van der Waals surface area contributed by atoms with Gasteiger partial charge in [0.15, 0.2) is 0 Å². The van der Waals surface area contributed by atoms with Crippen LogP contribution in [0.4, 0.5) is 0 Å². The van der Waals surface area contributed by atoms with E-state index in [1.54, 1.807) is 0 Å². The summed E-state index contributed by atoms with van der Waals surface area (Å²) in [5.41, 5.74) is 0. The van der Waals surface area contributed by atoms with Gasteiger partial charge in [0.2, 0.25) is 0 Å². The van der Waals surface area contributed by atoms with Crippen molar-refractivity contribution < 1.29 is 56.1 Å². The summed E-state index contributed by atoms with van der Waals surface area (Å²) in [4.78, 5) is 36.1. The molecule has 0 aromatic rings. The molecule has 0 bridgehead atoms. The summed E-state index contributed by atoms with van der Waals surface area (Å²) in [5, 5.41) is 32.6. The van der Waals surface area contributed by atoms with Crippen LogP contribution in [0.15, 0.2) is 0 Å². The minimum Gasteiger partial charge on any atom is -0.543 e. The van der Waals surface area contributed by atoms with Crippen LogP contribution in [-0.4, -0.2) is 34.1 Å². The molecule has 0 aromatic carbocycles. The first-order valence-corrected chi connectivity index (χ1v) is 2.17. The molecule has 0 aliphatic rings. The topological polar surface area (TPSA) is 155 Å². The fourth-order valence-corrected chi connectivity index (χ4v) is 0. The van der Waals surface area contributed by atoms with Gasteiger partial charge in [-0.3, -0.25) is 0 Å². The van der Waals surface area contributed by atoms with E-state index < -0.39 is 23.9 Å². The van der Waals surface area contributed by atoms with Gasteiger partial charge in [0.1, 0.15) is 0 Å². The van der Waals surface area contributed by atoms with Crippen molar-refractivity contribution in [1.82, 2.24) is 0 Å². The summed E-state index contributed by atoms with van der Waals surface area (Å²) >= 11 is 0. The molecule has 0 fully saturated rings. The summed E-state index contributed by atoms with van der Waals surface area (Å²) in [6.07, 6.45) is 0. The van der Waals surface area contributed by atoms with E-state index in [4.69, 9.17) is 39.6 Å². The Bertz CT molecular complexity index is 172. The molecular weight excluding hydrogens is 235 g/mol. The number of hydrogen-bond acceptors (Lipinski definition) is 6. The van der Waals surface area contributed by atoms with E-state index in [0.29, 0.717) is 0 Å². The third kappa shape index (κ3) is 17.9. The Morgan fingerprint density at radius 3 is 0.923 bits per heavy atom. The number of carboxylic acids is 4. The van der Waals surface area contributed by atoms with Gasteiger partial charge in [-0.15, -0.1) is 0 Å². The van der Waals surface area contributed by atoms with Gasteiger partial charge >= 0.3 is 28.4 Å². The predicted octanol–water partition coefficient (Wildman–Crippen LogP) is -4.36. The van der Waals surface area contributed by atoms with Crippen molar-refractivity contribution in [3.05, 3.63) is 0 Å². The van der Waals surface area contributed by atoms with Crippen molar-refractivity contribution >= 4 is 23.9 Å². The van der Waals surface area contributed by atoms with E-state index in [0.717, 1.165) is 0 Å². The van der Waals surface area contributed by atoms with Crippen LogP contribution in [0.5, 0.6) is 0 Å². The van der Waals surface area contributed by atoms with Crippen LogP contribution in [0, 0.1) is 0 Å². The van der Waals surface area contributed by atoms with Crippen LogP contribution < -0.4 is 10.2 Å². The Kier molecular flexibility index (Phi) is 11.4. The van der Waals surface area contributed by atoms with Gasteiger partial charge in [-0.25, -0.2) is 9.59 Å². The molecule has 13 heavy (non-hydrogen) atoms. The average molecular weight is 237 g/mol. The Labute approximate surface area is 80.7 Å². The number of carbonyl (C=O) groups is 4. The van der Waals surface area contributed by atoms with Gasteiger partial charge < -0.3 is 30.0 Å². The second kappa shape index (κ2) is 8.47. The molecule has 76 valence electrons. The predicted molar refractivity (Wildman–Crippen MR) is 25.3 cm³/mol. The minimum absolute atomic E-state index is 0. The van der Waals surface area contributed by atoms with Crippen LogP contribution in [0.3, 0.4) is 0 Å². The molecule has 0 atom stereocenters. The van der Waals surface area contributed by atoms with E-state index in [1.807, 2.05) is 0 Å². The molecule has 0 rings (SSSR count). The molecule has 0 unspecified atom stereocenters. The van der Waals surface area contributed by atoms with E-state index >= 15 is 0 Å². The zero-order valence-electron chi connectivity index (χ0n) is 5.66. The number of carboxylic acid groups (broad SMARTS) is 4. The molecule has 0 aliphatic heterocycles. The van der Waals surface area contributed by atoms with Crippen molar-refractivity contribution in [1.29, 1.82) is 0 Å². The van der Waals surface area contributed by atoms with Crippen LogP contribution in [0.2, 0.25) is 0 Å². The number of rotatable bonds is 0. The molecule has 0 saturated heterocycles. The third-order valence-electron chi connectivity index (χ3n) is 0.350. The molecule has 2 N–H and O–H groups in total. The normalized spacial score (nSPS) is 6.77. The third-order valence-corrected chi connectivity index (χ3v) is 0.350. The van der Waals surface area contributed by atoms with Gasteiger partial charge in [0.05, 0.1) is 11.9 Å². The Balaban J connectivity index is -0.000000143. The van der Waals surface area contributed by atoms with Crippen LogP contribution in [-0.2, 0) is 35.7 Å². The molecular formula is C4H2NiO8. The zero-order chi connectivity index (χ0) is 10.3. The fourth-order valence-electron chi connectivity index (χ4n) is 0. The van der Waals surface area contributed by atoms with Gasteiger partial charge in [-0.1, -0.05) is 0 Å². The molecule has 8 nitrogen and oxygen atoms in total. The molecule has 9 heteroatoms. The number of carbonyl (C=O) groups excluding carboxylic acids is 2. The first kappa shape index (κ1) is 17.5. The van der Waals surface area contributed by atoms with Crippen LogP contribution in [0.1, 0.15) is 0 Å². The Hall–Kier alpha value is -1.63. The standard InChI is InChI=1S/2C2H2O4.Ni/c2*3-1(4)2(5)6;/h2*(H,3,4)(H,5,6);/q;;+2/p-2. The maximum atomic E-state index is 9.10. The molecule has 0 saturated carbocycles. The van der Waals surface area contributed by atoms with E-state index in [9.17, 15) is 0 Å². The summed E-state index contributed by atoms with van der Waals surface area (Å²) in [6, 6.07) is 0. The first-order chi connectivity index (χ1) is 5.29. The maximum absolute atomic E-state index is 9.10. The monoisotopic (exact) mass is 236 g/mol. The van der Waals surface area contributed by atoms with Gasteiger partial charge in [0, 0.05) is 0 Å². The molecule has 0 aliphatic carbocycles. The number of aliphatic carboxylic acids is 4. The zero-order valence-corrected chi connectivity index (χ0v) is 6.65. The van der Waals surface area contributed by atoms with Crippen molar-refractivity contribution in [2.24, 2.45) is 0 Å². The fraction of sp³-hybridized carbons (Fsp3) is 0. The van der Waals surface area contributed by atoms with Gasteiger partial charge in [-0.2, -0.15) is 0 Å². The average Bonchev–Trinajstić information content (AvgIpc) is 1.88. The molecule has 0 radical (unpaired) electrons. The largest absolute Gasteiger partial charge is 2.00 e. The van der Waals surface area contributed by atoms with E-state index in [-0.39, 0.29) is 16.5 Å². The first-order valence-electron chi connectivity index (χ1n) is 2.17. The molecule has 0 aromatic heterocycles. The second-order valence-corrected chi connectivity index (χ2v) is 1.19. The minimum atomic E-state index is -2.19. The molecule has 0 spiro atoms. The van der Waals surface area contributed by atoms with E-state index in [2.05, 4.69) is 0 Å². The van der Waals surface area contributed by atoms with Gasteiger partial charge in [-0.05, 0) is 0 Å². The summed E-state index contributed by atoms with van der Waals surface area (Å²) in [7, 11) is 0. The second-order valence-electron chi connectivity index (χ2n) is 1.19. The summed E-state index contributed by atoms with van der Waals surface area (Å²) < 4.78 is 0. The maximum Gasteiger partial charge on any atom is 2.00 e. The van der Waals surface area contributed by atoms with Crippen molar-refractivity contribution in [2.75, 3.05) is 0 Å². The Morgan fingerprint density at radius 1 is 0.769 bits per heavy atom. The quantitative estimate of drug-likeness (QED) is 0.316. The van der Waals surface area contributed by atoms with Crippen molar-refractivity contribution in [2.45, 2.75) is 0 Å². The smallest absolute Gasteiger partial charge is 0.543 e. The summed E-state index contributed by atoms with van der Waals surface area (Å²) in [5.74, 6) is -8.02. The summed E-state index contributed by atoms with van der Waals surface area (Å²) in [6.45, 7) is 0. The SMILES string of the molecule is O=C(O)C(=O)O.O=C([O-])C(=O)[O-].[Ni+2]. The van der Waals surface area contributed by atoms with Crippen molar-refractivity contribution in [3.8, 4) is 0 Å². The van der Waals surface area contributed by atoms with Crippen LogP contribution in [0.25, 0.3) is 0 Å². The van der Waals surface area contributed by atoms with Gasteiger partial charge in [0.25, 0.3) is 0 Å². The molecule has 0 heterocycles. The Morgan fingerprint density at radius 2 is 0.923 bits per heavy atom.